The van der Waals surface area contributed by atoms with E-state index in [9.17, 15) is 4.79 Å². The summed E-state index contributed by atoms with van der Waals surface area (Å²) in [7, 11) is 0. The van der Waals surface area contributed by atoms with Gasteiger partial charge in [-0.3, -0.25) is 4.79 Å². The third-order valence-corrected chi connectivity index (χ3v) is 1.92. The summed E-state index contributed by atoms with van der Waals surface area (Å²) in [6, 6.07) is 0. The molecule has 0 aromatic carbocycles. The Bertz CT molecular complexity index is 368. The van der Waals surface area contributed by atoms with Gasteiger partial charge in [0.15, 0.2) is 0 Å². The number of aromatic nitrogens is 2. The van der Waals surface area contributed by atoms with E-state index in [2.05, 4.69) is 15.3 Å². The van der Waals surface area contributed by atoms with Crippen molar-refractivity contribution in [2.24, 2.45) is 0 Å². The van der Waals surface area contributed by atoms with Crippen LogP contribution >= 0.6 is 0 Å². The van der Waals surface area contributed by atoms with Crippen LogP contribution in [0.2, 0.25) is 0 Å². The second-order valence-electron chi connectivity index (χ2n) is 3.24. The number of carbonyl (C=O) groups is 1. The molecule has 6 heteroatoms. The second-order valence-corrected chi connectivity index (χ2v) is 3.24. The van der Waals surface area contributed by atoms with Gasteiger partial charge >= 0.3 is 5.97 Å². The summed E-state index contributed by atoms with van der Waals surface area (Å²) in [5, 5.41) is 3.01. The van der Waals surface area contributed by atoms with Gasteiger partial charge in [-0.2, -0.15) is 4.98 Å². The van der Waals surface area contributed by atoms with Gasteiger partial charge in [0.2, 0.25) is 5.95 Å². The van der Waals surface area contributed by atoms with E-state index in [0.717, 1.165) is 5.56 Å². The molecule has 88 valence electrons. The summed E-state index contributed by atoms with van der Waals surface area (Å²) < 4.78 is 4.80. The minimum Gasteiger partial charge on any atom is -0.466 e. The Morgan fingerprint density at radius 3 is 3.06 bits per heavy atom. The first kappa shape index (κ1) is 12.2. The van der Waals surface area contributed by atoms with Crippen LogP contribution < -0.4 is 11.1 Å². The third-order valence-electron chi connectivity index (χ3n) is 1.92. The molecule has 0 bridgehead atoms. The van der Waals surface area contributed by atoms with Gasteiger partial charge in [-0.25, -0.2) is 4.98 Å². The Kier molecular flexibility index (Phi) is 4.50. The Balaban J connectivity index is 2.42. The number of hydrogen-bond acceptors (Lipinski definition) is 6. The molecule has 0 unspecified atom stereocenters. The zero-order chi connectivity index (χ0) is 12.0. The van der Waals surface area contributed by atoms with E-state index in [0.29, 0.717) is 25.4 Å². The monoisotopic (exact) mass is 224 g/mol. The van der Waals surface area contributed by atoms with Crippen molar-refractivity contribution in [2.45, 2.75) is 20.3 Å². The Labute approximate surface area is 94.2 Å². The zero-order valence-electron chi connectivity index (χ0n) is 9.49. The lowest BCUT2D eigenvalue weighted by Crippen LogP contribution is -2.13. The van der Waals surface area contributed by atoms with Gasteiger partial charge in [0, 0.05) is 18.3 Å². The molecule has 0 aliphatic rings. The van der Waals surface area contributed by atoms with Crippen molar-refractivity contribution in [3.8, 4) is 0 Å². The normalized spacial score (nSPS) is 9.88. The van der Waals surface area contributed by atoms with E-state index in [1.807, 2.05) is 6.92 Å². The first-order chi connectivity index (χ1) is 7.63. The van der Waals surface area contributed by atoms with Crippen LogP contribution in [0.1, 0.15) is 18.9 Å². The van der Waals surface area contributed by atoms with Gasteiger partial charge in [-0.05, 0) is 13.8 Å². The van der Waals surface area contributed by atoms with E-state index in [4.69, 9.17) is 10.5 Å². The maximum absolute atomic E-state index is 11.1. The van der Waals surface area contributed by atoms with Gasteiger partial charge in [0.25, 0.3) is 0 Å². The number of ether oxygens (including phenoxy) is 1. The maximum Gasteiger partial charge on any atom is 0.307 e. The first-order valence-electron chi connectivity index (χ1n) is 5.12. The molecule has 0 amide bonds. The fourth-order valence-corrected chi connectivity index (χ4v) is 1.15. The predicted octanol–water partition coefficient (Wildman–Crippen LogP) is 0.732. The molecule has 0 saturated heterocycles. The summed E-state index contributed by atoms with van der Waals surface area (Å²) in [4.78, 5) is 18.9. The van der Waals surface area contributed by atoms with E-state index < -0.39 is 0 Å². The highest BCUT2D eigenvalue weighted by Crippen LogP contribution is 2.10. The molecular formula is C10H16N4O2. The van der Waals surface area contributed by atoms with Gasteiger partial charge in [0.05, 0.1) is 13.0 Å². The second kappa shape index (κ2) is 5.89. The zero-order valence-corrected chi connectivity index (χ0v) is 9.49. The molecule has 1 heterocycles. The smallest absolute Gasteiger partial charge is 0.307 e. The molecule has 1 rings (SSSR count). The van der Waals surface area contributed by atoms with Gasteiger partial charge in [-0.15, -0.1) is 0 Å². The van der Waals surface area contributed by atoms with E-state index in [-0.39, 0.29) is 11.9 Å². The number of nitrogen functional groups attached to an aromatic ring is 1. The molecule has 16 heavy (non-hydrogen) atoms. The van der Waals surface area contributed by atoms with Crippen LogP contribution in [0.15, 0.2) is 6.20 Å². The number of rotatable bonds is 5. The summed E-state index contributed by atoms with van der Waals surface area (Å²) in [6.07, 6.45) is 1.94. The molecule has 0 aliphatic heterocycles. The minimum atomic E-state index is -0.227. The fraction of sp³-hybridized carbons (Fsp3) is 0.500. The SMILES string of the molecule is CCOC(=O)CCNc1nc(N)ncc1C. The number of nitrogens with two attached hydrogens (primary N) is 1. The Morgan fingerprint density at radius 2 is 2.38 bits per heavy atom. The van der Waals surface area contributed by atoms with Crippen molar-refractivity contribution >= 4 is 17.7 Å². The average molecular weight is 224 g/mol. The van der Waals surface area contributed by atoms with Crippen LogP contribution in [0.5, 0.6) is 0 Å². The summed E-state index contributed by atoms with van der Waals surface area (Å²) in [5.41, 5.74) is 6.34. The predicted molar refractivity (Wildman–Crippen MR) is 60.9 cm³/mol. The quantitative estimate of drug-likeness (QED) is 0.717. The summed E-state index contributed by atoms with van der Waals surface area (Å²) in [5.74, 6) is 0.635. The summed E-state index contributed by atoms with van der Waals surface area (Å²) >= 11 is 0. The topological polar surface area (TPSA) is 90.1 Å². The van der Waals surface area contributed by atoms with Gasteiger partial charge in [0.1, 0.15) is 5.82 Å². The number of nitrogens with zero attached hydrogens (tertiary/aromatic N) is 2. The number of esters is 1. The molecular weight excluding hydrogens is 208 g/mol. The molecule has 0 saturated carbocycles. The van der Waals surface area contributed by atoms with E-state index >= 15 is 0 Å². The van der Waals surface area contributed by atoms with Crippen molar-refractivity contribution in [3.05, 3.63) is 11.8 Å². The molecule has 1 aromatic rings. The number of aryl methyl sites for hydroxylation is 1. The molecule has 0 radical (unpaired) electrons. The lowest BCUT2D eigenvalue weighted by Gasteiger charge is -2.07. The van der Waals surface area contributed by atoms with E-state index in [1.54, 1.807) is 13.1 Å². The number of carbonyl (C=O) groups excluding carboxylic acids is 1. The first-order valence-corrected chi connectivity index (χ1v) is 5.12. The van der Waals surface area contributed by atoms with Crippen LogP contribution in [-0.2, 0) is 9.53 Å². The number of hydrogen-bond donors (Lipinski definition) is 2. The fourth-order valence-electron chi connectivity index (χ4n) is 1.15. The van der Waals surface area contributed by atoms with Crippen LogP contribution in [0.4, 0.5) is 11.8 Å². The van der Waals surface area contributed by atoms with Crippen molar-refractivity contribution in [1.82, 2.24) is 9.97 Å². The lowest BCUT2D eigenvalue weighted by atomic mass is 10.3. The van der Waals surface area contributed by atoms with Crippen LogP contribution in [0.3, 0.4) is 0 Å². The van der Waals surface area contributed by atoms with Crippen molar-refractivity contribution in [2.75, 3.05) is 24.2 Å². The van der Waals surface area contributed by atoms with Crippen LogP contribution in [0, 0.1) is 6.92 Å². The van der Waals surface area contributed by atoms with Crippen LogP contribution in [0.25, 0.3) is 0 Å². The van der Waals surface area contributed by atoms with Gasteiger partial charge in [-0.1, -0.05) is 0 Å². The Hall–Kier alpha value is -1.85. The highest BCUT2D eigenvalue weighted by molar-refractivity contribution is 5.70. The largest absolute Gasteiger partial charge is 0.466 e. The third kappa shape index (κ3) is 3.72. The highest BCUT2D eigenvalue weighted by Gasteiger charge is 2.04. The minimum absolute atomic E-state index is 0.212. The maximum atomic E-state index is 11.1. The van der Waals surface area contributed by atoms with Gasteiger partial charge < -0.3 is 15.8 Å². The van der Waals surface area contributed by atoms with Crippen LogP contribution in [-0.4, -0.2) is 29.1 Å². The number of nitrogens with one attached hydrogen (secondary N) is 1. The standard InChI is InChI=1S/C10H16N4O2/c1-3-16-8(15)4-5-12-9-7(2)6-13-10(11)14-9/h6H,3-5H2,1-2H3,(H3,11,12,13,14). The van der Waals surface area contributed by atoms with Crippen molar-refractivity contribution in [1.29, 1.82) is 0 Å². The number of anilines is 2. The van der Waals surface area contributed by atoms with Crippen molar-refractivity contribution in [3.63, 3.8) is 0 Å². The molecule has 6 nitrogen and oxygen atoms in total. The molecule has 0 fully saturated rings. The van der Waals surface area contributed by atoms with E-state index in [1.165, 1.54) is 0 Å². The molecule has 0 aliphatic carbocycles. The average Bonchev–Trinajstić information content (AvgIpc) is 2.23. The molecule has 3 N–H and O–H groups in total. The lowest BCUT2D eigenvalue weighted by molar-refractivity contribution is -0.142. The molecule has 1 aromatic heterocycles. The summed E-state index contributed by atoms with van der Waals surface area (Å²) in [6.45, 7) is 4.52. The molecule has 0 spiro atoms. The van der Waals surface area contributed by atoms with Crippen molar-refractivity contribution < 1.29 is 9.53 Å². The Morgan fingerprint density at radius 1 is 1.62 bits per heavy atom. The highest BCUT2D eigenvalue weighted by atomic mass is 16.5. The molecule has 0 atom stereocenters.